The van der Waals surface area contributed by atoms with Gasteiger partial charge in [0, 0.05) is 12.7 Å². The molecule has 2 saturated carbocycles. The second kappa shape index (κ2) is 10.1. The van der Waals surface area contributed by atoms with Crippen molar-refractivity contribution in [3.63, 3.8) is 0 Å². The molecule has 0 saturated heterocycles. The lowest BCUT2D eigenvalue weighted by Crippen LogP contribution is -2.30. The Bertz CT molecular complexity index is 1240. The van der Waals surface area contributed by atoms with E-state index in [0.29, 0.717) is 40.6 Å². The lowest BCUT2D eigenvalue weighted by molar-refractivity contribution is 0.0676. The molecule has 0 bridgehead atoms. The molecule has 0 spiro atoms. The summed E-state index contributed by atoms with van der Waals surface area (Å²) < 4.78 is 8.53. The van der Waals surface area contributed by atoms with E-state index in [4.69, 9.17) is 9.72 Å². The zero-order valence-electron chi connectivity index (χ0n) is 21.8. The van der Waals surface area contributed by atoms with Gasteiger partial charge in [0.05, 0.1) is 0 Å². The molecule has 5 rings (SSSR count). The fraction of sp³-hybridized carbons (Fsp3) is 0.607. The number of ether oxygens (including phenoxy) is 1. The number of pyridine rings is 1. The molecule has 0 amide bonds. The maximum Gasteiger partial charge on any atom is 0.374 e. The Morgan fingerprint density at radius 3 is 2.50 bits per heavy atom. The van der Waals surface area contributed by atoms with E-state index in [1.54, 1.807) is 0 Å². The summed E-state index contributed by atoms with van der Waals surface area (Å²) in [5.41, 5.74) is 2.97. The summed E-state index contributed by atoms with van der Waals surface area (Å²) in [7, 11) is 0. The SMILES string of the molecule is CC1CCC(Cn2c(-c3cc(C(C)C)ccn3)nc3nc(C(=O)O)nc(OC(C)C4CCC4)c32)CC1. The highest BCUT2D eigenvalue weighted by molar-refractivity contribution is 5.88. The Balaban J connectivity index is 1.65. The standard InChI is InChI=1S/C28H37N5O3/c1-16(2)21-12-13-29-22(14-21)26-31-24-23(33(26)15-19-10-8-17(3)9-11-19)27(32-25(30-24)28(34)35)36-18(4)20-6-5-7-20/h12-14,16-20H,5-11,15H2,1-4H3,(H,34,35). The van der Waals surface area contributed by atoms with Gasteiger partial charge in [-0.1, -0.05) is 40.0 Å². The molecule has 1 unspecified atom stereocenters. The second-order valence-electron chi connectivity index (χ2n) is 11.1. The highest BCUT2D eigenvalue weighted by Gasteiger charge is 2.30. The van der Waals surface area contributed by atoms with Crippen LogP contribution in [0.25, 0.3) is 22.7 Å². The first kappa shape index (κ1) is 24.7. The monoisotopic (exact) mass is 491 g/mol. The third-order valence-corrected chi connectivity index (χ3v) is 8.13. The van der Waals surface area contributed by atoms with Crippen molar-refractivity contribution in [2.75, 3.05) is 0 Å². The lowest BCUT2D eigenvalue weighted by atomic mass is 9.82. The Labute approximate surface area is 212 Å². The summed E-state index contributed by atoms with van der Waals surface area (Å²) in [5, 5.41) is 9.72. The van der Waals surface area contributed by atoms with Crippen LogP contribution in [0.1, 0.15) is 94.7 Å². The molecule has 0 radical (unpaired) electrons. The number of nitrogens with zero attached hydrogens (tertiary/aromatic N) is 5. The van der Waals surface area contributed by atoms with Crippen molar-refractivity contribution in [2.24, 2.45) is 17.8 Å². The Kier molecular flexibility index (Phi) is 6.95. The van der Waals surface area contributed by atoms with E-state index < -0.39 is 5.97 Å². The highest BCUT2D eigenvalue weighted by atomic mass is 16.5. The van der Waals surface area contributed by atoms with Gasteiger partial charge in [0.1, 0.15) is 11.8 Å². The number of carboxylic acids is 1. The number of imidazole rings is 1. The average molecular weight is 492 g/mol. The summed E-state index contributed by atoms with van der Waals surface area (Å²) in [6, 6.07) is 4.11. The summed E-state index contributed by atoms with van der Waals surface area (Å²) in [4.78, 5) is 30.1. The molecule has 3 aromatic rings. The predicted molar refractivity (Wildman–Crippen MR) is 138 cm³/mol. The van der Waals surface area contributed by atoms with E-state index in [0.717, 1.165) is 43.8 Å². The van der Waals surface area contributed by atoms with E-state index in [-0.39, 0.29) is 11.9 Å². The molecule has 2 aliphatic rings. The van der Waals surface area contributed by atoms with Crippen molar-refractivity contribution < 1.29 is 14.6 Å². The zero-order chi connectivity index (χ0) is 25.4. The first-order valence-corrected chi connectivity index (χ1v) is 13.4. The number of hydrogen-bond donors (Lipinski definition) is 1. The summed E-state index contributed by atoms with van der Waals surface area (Å²) in [5.74, 6) is 1.62. The second-order valence-corrected chi connectivity index (χ2v) is 11.1. The summed E-state index contributed by atoms with van der Waals surface area (Å²) >= 11 is 0. The van der Waals surface area contributed by atoms with Crippen molar-refractivity contribution >= 4 is 17.1 Å². The number of fused-ring (bicyclic) bond motifs is 1. The number of aromatic carboxylic acids is 1. The van der Waals surface area contributed by atoms with Crippen LogP contribution in [-0.2, 0) is 6.54 Å². The number of aromatic nitrogens is 5. The first-order chi connectivity index (χ1) is 17.3. The van der Waals surface area contributed by atoms with Crippen molar-refractivity contribution in [3.05, 3.63) is 29.7 Å². The van der Waals surface area contributed by atoms with Crippen LogP contribution in [0, 0.1) is 17.8 Å². The lowest BCUT2D eigenvalue weighted by Gasteiger charge is -2.31. The molecule has 192 valence electrons. The van der Waals surface area contributed by atoms with Crippen LogP contribution < -0.4 is 4.74 Å². The maximum absolute atomic E-state index is 11.9. The molecular weight excluding hydrogens is 454 g/mol. The zero-order valence-corrected chi connectivity index (χ0v) is 21.8. The van der Waals surface area contributed by atoms with Crippen LogP contribution in [0.4, 0.5) is 0 Å². The fourth-order valence-corrected chi connectivity index (χ4v) is 5.43. The molecule has 0 aromatic carbocycles. The van der Waals surface area contributed by atoms with Crippen molar-refractivity contribution in [1.82, 2.24) is 24.5 Å². The minimum absolute atomic E-state index is 0.0526. The molecule has 0 aliphatic heterocycles. The van der Waals surface area contributed by atoms with Gasteiger partial charge in [0.2, 0.25) is 11.7 Å². The van der Waals surface area contributed by atoms with Gasteiger partial charge in [-0.25, -0.2) is 14.8 Å². The van der Waals surface area contributed by atoms with Gasteiger partial charge in [-0.3, -0.25) is 4.98 Å². The molecule has 8 heteroatoms. The summed E-state index contributed by atoms with van der Waals surface area (Å²) in [6.07, 6.45) is 9.97. The van der Waals surface area contributed by atoms with Crippen molar-refractivity contribution in [2.45, 2.75) is 91.2 Å². The Morgan fingerprint density at radius 2 is 1.86 bits per heavy atom. The molecule has 3 aromatic heterocycles. The fourth-order valence-electron chi connectivity index (χ4n) is 5.43. The van der Waals surface area contributed by atoms with Crippen LogP contribution in [0.2, 0.25) is 0 Å². The highest BCUT2D eigenvalue weighted by Crippen LogP contribution is 2.37. The van der Waals surface area contributed by atoms with Crippen LogP contribution in [0.5, 0.6) is 5.88 Å². The number of hydrogen-bond acceptors (Lipinski definition) is 6. The molecule has 1 atom stereocenters. The van der Waals surface area contributed by atoms with Gasteiger partial charge in [0.15, 0.2) is 17.0 Å². The molecule has 3 heterocycles. The Morgan fingerprint density at radius 1 is 1.11 bits per heavy atom. The van der Waals surface area contributed by atoms with Gasteiger partial charge in [-0.2, -0.15) is 4.98 Å². The van der Waals surface area contributed by atoms with E-state index >= 15 is 0 Å². The molecule has 2 fully saturated rings. The predicted octanol–water partition coefficient (Wildman–Crippen LogP) is 6.10. The van der Waals surface area contributed by atoms with Crippen molar-refractivity contribution in [1.29, 1.82) is 0 Å². The third kappa shape index (κ3) is 4.95. The van der Waals surface area contributed by atoms with Gasteiger partial charge in [-0.05, 0) is 74.0 Å². The van der Waals surface area contributed by atoms with Crippen LogP contribution in [0.3, 0.4) is 0 Å². The molecular formula is C28H37N5O3. The van der Waals surface area contributed by atoms with E-state index in [9.17, 15) is 9.90 Å². The average Bonchev–Trinajstić information content (AvgIpc) is 3.18. The molecule has 1 N–H and O–H groups in total. The largest absolute Gasteiger partial charge is 0.475 e. The normalized spacial score (nSPS) is 21.5. The van der Waals surface area contributed by atoms with Crippen LogP contribution in [0.15, 0.2) is 18.3 Å². The smallest absolute Gasteiger partial charge is 0.374 e. The minimum Gasteiger partial charge on any atom is -0.475 e. The van der Waals surface area contributed by atoms with Gasteiger partial charge >= 0.3 is 5.97 Å². The van der Waals surface area contributed by atoms with Crippen LogP contribution in [-0.4, -0.2) is 41.7 Å². The maximum atomic E-state index is 11.9. The molecule has 36 heavy (non-hydrogen) atoms. The quantitative estimate of drug-likeness (QED) is 0.406. The van der Waals surface area contributed by atoms with E-state index in [2.05, 4.69) is 53.3 Å². The summed E-state index contributed by atoms with van der Waals surface area (Å²) in [6.45, 7) is 9.45. The number of rotatable bonds is 8. The van der Waals surface area contributed by atoms with Crippen LogP contribution >= 0.6 is 0 Å². The minimum atomic E-state index is -1.18. The van der Waals surface area contributed by atoms with E-state index in [1.807, 2.05) is 12.3 Å². The Hall–Kier alpha value is -3.03. The number of carbonyl (C=O) groups is 1. The first-order valence-electron chi connectivity index (χ1n) is 13.4. The van der Waals surface area contributed by atoms with Gasteiger partial charge in [0.25, 0.3) is 0 Å². The van der Waals surface area contributed by atoms with Crippen molar-refractivity contribution in [3.8, 4) is 17.4 Å². The molecule has 2 aliphatic carbocycles. The topological polar surface area (TPSA) is 103 Å². The van der Waals surface area contributed by atoms with E-state index in [1.165, 1.54) is 24.8 Å². The van der Waals surface area contributed by atoms with Gasteiger partial charge < -0.3 is 14.4 Å². The number of carboxylic acid groups (broad SMARTS) is 1. The van der Waals surface area contributed by atoms with Gasteiger partial charge in [-0.15, -0.1) is 0 Å². The third-order valence-electron chi connectivity index (χ3n) is 8.13. The molecule has 8 nitrogen and oxygen atoms in total.